The van der Waals surface area contributed by atoms with Crippen molar-refractivity contribution in [1.82, 2.24) is 19.7 Å². The van der Waals surface area contributed by atoms with E-state index in [0.717, 1.165) is 31.6 Å². The monoisotopic (exact) mass is 298 g/mol. The maximum absolute atomic E-state index is 13.7. The lowest BCUT2D eigenvalue weighted by Crippen LogP contribution is -2.02. The normalized spacial score (nSPS) is 15.1. The van der Waals surface area contributed by atoms with Crippen molar-refractivity contribution in [2.24, 2.45) is 0 Å². The predicted molar refractivity (Wildman–Crippen MR) is 70.9 cm³/mol. The first-order valence-electron chi connectivity index (χ1n) is 6.15. The standard InChI is InChI=1S/C12H12ClFN4S/c13-8-6-9(14)11(15-7-8)19-12-17-16-10-4-2-1-3-5-18(10)12/h6-7H,1-5H2. The number of aryl methyl sites for hydroxylation is 1. The van der Waals surface area contributed by atoms with E-state index < -0.39 is 5.82 Å². The lowest BCUT2D eigenvalue weighted by molar-refractivity contribution is 0.579. The van der Waals surface area contributed by atoms with Crippen LogP contribution in [0.2, 0.25) is 5.02 Å². The molecule has 0 aromatic carbocycles. The molecule has 1 aliphatic heterocycles. The lowest BCUT2D eigenvalue weighted by Gasteiger charge is -2.06. The van der Waals surface area contributed by atoms with E-state index in [9.17, 15) is 4.39 Å². The van der Waals surface area contributed by atoms with Gasteiger partial charge in [0.05, 0.1) is 5.02 Å². The summed E-state index contributed by atoms with van der Waals surface area (Å²) in [4.78, 5) is 4.00. The van der Waals surface area contributed by atoms with Gasteiger partial charge in [-0.25, -0.2) is 9.37 Å². The van der Waals surface area contributed by atoms with Crippen LogP contribution in [0.25, 0.3) is 0 Å². The SMILES string of the molecule is Fc1cc(Cl)cnc1Sc1nnc2n1CCCCC2. The van der Waals surface area contributed by atoms with Crippen molar-refractivity contribution in [3.8, 4) is 0 Å². The van der Waals surface area contributed by atoms with Crippen molar-refractivity contribution in [3.05, 3.63) is 28.9 Å². The number of aromatic nitrogens is 4. The van der Waals surface area contributed by atoms with Crippen molar-refractivity contribution in [3.63, 3.8) is 0 Å². The summed E-state index contributed by atoms with van der Waals surface area (Å²) in [6, 6.07) is 1.26. The molecule has 0 aliphatic carbocycles. The van der Waals surface area contributed by atoms with Crippen LogP contribution in [0.1, 0.15) is 25.1 Å². The van der Waals surface area contributed by atoms with Gasteiger partial charge in [-0.15, -0.1) is 10.2 Å². The number of fused-ring (bicyclic) bond motifs is 1. The molecule has 0 bridgehead atoms. The maximum atomic E-state index is 13.7. The molecule has 0 unspecified atom stereocenters. The van der Waals surface area contributed by atoms with Crippen LogP contribution >= 0.6 is 23.4 Å². The minimum atomic E-state index is -0.427. The predicted octanol–water partition coefficient (Wildman–Crippen LogP) is 3.34. The third kappa shape index (κ3) is 2.74. The van der Waals surface area contributed by atoms with Crippen LogP contribution in [0.5, 0.6) is 0 Å². The Kier molecular flexibility index (Phi) is 3.70. The smallest absolute Gasteiger partial charge is 0.197 e. The van der Waals surface area contributed by atoms with Gasteiger partial charge < -0.3 is 4.57 Å². The molecule has 1 aliphatic rings. The molecule has 100 valence electrons. The van der Waals surface area contributed by atoms with Gasteiger partial charge in [0.1, 0.15) is 10.9 Å². The Hall–Kier alpha value is -1.14. The molecule has 0 atom stereocenters. The van der Waals surface area contributed by atoms with Gasteiger partial charge in [0, 0.05) is 19.2 Å². The molecule has 0 radical (unpaired) electrons. The van der Waals surface area contributed by atoms with Crippen LogP contribution < -0.4 is 0 Å². The van der Waals surface area contributed by atoms with Gasteiger partial charge in [-0.1, -0.05) is 18.0 Å². The Morgan fingerprint density at radius 2 is 2.16 bits per heavy atom. The molecule has 0 spiro atoms. The first-order chi connectivity index (χ1) is 9.24. The number of nitrogens with zero attached hydrogens (tertiary/aromatic N) is 4. The minimum absolute atomic E-state index is 0.281. The zero-order chi connectivity index (χ0) is 13.2. The van der Waals surface area contributed by atoms with E-state index in [1.165, 1.54) is 30.4 Å². The van der Waals surface area contributed by atoms with Gasteiger partial charge >= 0.3 is 0 Å². The lowest BCUT2D eigenvalue weighted by atomic mass is 10.2. The molecule has 2 aromatic rings. The summed E-state index contributed by atoms with van der Waals surface area (Å²) < 4.78 is 15.8. The molecule has 3 rings (SSSR count). The number of rotatable bonds is 2. The van der Waals surface area contributed by atoms with Crippen molar-refractivity contribution < 1.29 is 4.39 Å². The first kappa shape index (κ1) is 12.9. The first-order valence-corrected chi connectivity index (χ1v) is 7.34. The van der Waals surface area contributed by atoms with Crippen LogP contribution in [0.3, 0.4) is 0 Å². The highest BCUT2D eigenvalue weighted by Crippen LogP contribution is 2.29. The minimum Gasteiger partial charge on any atom is -0.306 e. The van der Waals surface area contributed by atoms with Crippen LogP contribution in [0, 0.1) is 5.82 Å². The van der Waals surface area contributed by atoms with Gasteiger partial charge in [-0.05, 0) is 30.7 Å². The molecule has 0 saturated carbocycles. The Morgan fingerprint density at radius 1 is 1.26 bits per heavy atom. The molecule has 3 heterocycles. The summed E-state index contributed by atoms with van der Waals surface area (Å²) in [6.45, 7) is 0.889. The second-order valence-electron chi connectivity index (χ2n) is 4.40. The number of pyridine rings is 1. The van der Waals surface area contributed by atoms with Gasteiger partial charge in [0.15, 0.2) is 11.0 Å². The summed E-state index contributed by atoms with van der Waals surface area (Å²) in [5.74, 6) is 0.554. The van der Waals surface area contributed by atoms with E-state index in [1.807, 2.05) is 0 Å². The molecule has 4 nitrogen and oxygen atoms in total. The second kappa shape index (κ2) is 5.46. The average molecular weight is 299 g/mol. The number of hydrogen-bond donors (Lipinski definition) is 0. The molecular weight excluding hydrogens is 287 g/mol. The van der Waals surface area contributed by atoms with Gasteiger partial charge in [-0.3, -0.25) is 0 Å². The van der Waals surface area contributed by atoms with Crippen LogP contribution in [0.15, 0.2) is 22.4 Å². The van der Waals surface area contributed by atoms with Gasteiger partial charge in [0.25, 0.3) is 0 Å². The quantitative estimate of drug-likeness (QED) is 0.853. The fourth-order valence-corrected chi connectivity index (χ4v) is 3.07. The molecule has 0 fully saturated rings. The van der Waals surface area contributed by atoms with Gasteiger partial charge in [-0.2, -0.15) is 0 Å². The third-order valence-electron chi connectivity index (χ3n) is 3.04. The highest BCUT2D eigenvalue weighted by Gasteiger charge is 2.17. The van der Waals surface area contributed by atoms with Crippen LogP contribution in [0.4, 0.5) is 4.39 Å². The summed E-state index contributed by atoms with van der Waals surface area (Å²) in [5.41, 5.74) is 0. The molecule has 7 heteroatoms. The van der Waals surface area contributed by atoms with Crippen molar-refractivity contribution >= 4 is 23.4 Å². The summed E-state index contributed by atoms with van der Waals surface area (Å²) in [6.07, 6.45) is 5.81. The van der Waals surface area contributed by atoms with E-state index in [4.69, 9.17) is 11.6 Å². The Labute approximate surface area is 119 Å². The zero-order valence-electron chi connectivity index (χ0n) is 10.1. The van der Waals surface area contributed by atoms with Crippen molar-refractivity contribution in [2.45, 2.75) is 42.4 Å². The fourth-order valence-electron chi connectivity index (χ4n) is 2.10. The highest BCUT2D eigenvalue weighted by atomic mass is 35.5. The number of hydrogen-bond acceptors (Lipinski definition) is 4. The molecule has 0 amide bonds. The highest BCUT2D eigenvalue weighted by molar-refractivity contribution is 7.99. The van der Waals surface area contributed by atoms with Gasteiger partial charge in [0.2, 0.25) is 0 Å². The Morgan fingerprint density at radius 3 is 3.00 bits per heavy atom. The second-order valence-corrected chi connectivity index (χ2v) is 5.80. The van der Waals surface area contributed by atoms with E-state index in [1.54, 1.807) is 0 Å². The zero-order valence-corrected chi connectivity index (χ0v) is 11.7. The average Bonchev–Trinajstić information content (AvgIpc) is 2.61. The molecule has 19 heavy (non-hydrogen) atoms. The van der Waals surface area contributed by atoms with E-state index >= 15 is 0 Å². The summed E-state index contributed by atoms with van der Waals surface area (Å²) >= 11 is 6.89. The van der Waals surface area contributed by atoms with Crippen molar-refractivity contribution in [2.75, 3.05) is 0 Å². The fraction of sp³-hybridized carbons (Fsp3) is 0.417. The van der Waals surface area contributed by atoms with E-state index in [-0.39, 0.29) is 5.03 Å². The van der Waals surface area contributed by atoms with E-state index in [0.29, 0.717) is 10.2 Å². The summed E-state index contributed by atoms with van der Waals surface area (Å²) in [5, 5.41) is 9.58. The molecule has 0 saturated heterocycles. The Balaban J connectivity index is 1.89. The van der Waals surface area contributed by atoms with Crippen molar-refractivity contribution in [1.29, 1.82) is 0 Å². The topological polar surface area (TPSA) is 43.6 Å². The largest absolute Gasteiger partial charge is 0.306 e. The molecule has 0 N–H and O–H groups in total. The Bertz CT molecular complexity index is 601. The third-order valence-corrected chi connectivity index (χ3v) is 4.22. The van der Waals surface area contributed by atoms with E-state index in [2.05, 4.69) is 19.7 Å². The maximum Gasteiger partial charge on any atom is 0.197 e. The molecule has 2 aromatic heterocycles. The van der Waals surface area contributed by atoms with Crippen LogP contribution in [-0.4, -0.2) is 19.7 Å². The molecular formula is C12H12ClFN4S. The summed E-state index contributed by atoms with van der Waals surface area (Å²) in [7, 11) is 0. The van der Waals surface area contributed by atoms with Crippen LogP contribution in [-0.2, 0) is 13.0 Å². The number of halogens is 2.